The standard InChI is InChI=1S/C14H28N2O/c1-2-16(11-13-6-9-17-10-7-13)12-14-5-3-4-8-15-14/h13-15H,2-12H2,1H3. The van der Waals surface area contributed by atoms with Gasteiger partial charge in [0.25, 0.3) is 0 Å². The van der Waals surface area contributed by atoms with Crippen molar-refractivity contribution in [2.75, 3.05) is 39.4 Å². The number of rotatable bonds is 5. The van der Waals surface area contributed by atoms with Crippen LogP contribution >= 0.6 is 0 Å². The van der Waals surface area contributed by atoms with Gasteiger partial charge in [-0.3, -0.25) is 0 Å². The van der Waals surface area contributed by atoms with E-state index in [9.17, 15) is 0 Å². The predicted octanol–water partition coefficient (Wildman–Crippen LogP) is 1.88. The van der Waals surface area contributed by atoms with Crippen molar-refractivity contribution >= 4 is 0 Å². The molecule has 2 aliphatic rings. The molecule has 0 aromatic heterocycles. The van der Waals surface area contributed by atoms with E-state index in [0.717, 1.165) is 25.2 Å². The van der Waals surface area contributed by atoms with E-state index < -0.39 is 0 Å². The molecule has 0 aliphatic carbocycles. The third-order valence-electron chi connectivity index (χ3n) is 4.20. The van der Waals surface area contributed by atoms with Crippen LogP contribution in [0.15, 0.2) is 0 Å². The largest absolute Gasteiger partial charge is 0.381 e. The van der Waals surface area contributed by atoms with E-state index in [1.54, 1.807) is 0 Å². The number of piperidine rings is 1. The minimum atomic E-state index is 0.739. The molecule has 2 fully saturated rings. The predicted molar refractivity (Wildman–Crippen MR) is 71.3 cm³/mol. The summed E-state index contributed by atoms with van der Waals surface area (Å²) in [5.41, 5.74) is 0. The molecule has 100 valence electrons. The van der Waals surface area contributed by atoms with Gasteiger partial charge < -0.3 is 15.0 Å². The van der Waals surface area contributed by atoms with Crippen LogP contribution in [0.5, 0.6) is 0 Å². The molecule has 0 aromatic carbocycles. The summed E-state index contributed by atoms with van der Waals surface area (Å²) >= 11 is 0. The summed E-state index contributed by atoms with van der Waals surface area (Å²) in [6.45, 7) is 9.18. The Morgan fingerprint density at radius 1 is 1.12 bits per heavy atom. The Morgan fingerprint density at radius 2 is 1.94 bits per heavy atom. The Kier molecular flexibility index (Phi) is 5.75. The summed E-state index contributed by atoms with van der Waals surface area (Å²) < 4.78 is 5.43. The monoisotopic (exact) mass is 240 g/mol. The minimum absolute atomic E-state index is 0.739. The van der Waals surface area contributed by atoms with Crippen molar-refractivity contribution in [2.45, 2.75) is 45.1 Å². The first-order chi connectivity index (χ1) is 8.38. The number of nitrogens with one attached hydrogen (secondary N) is 1. The number of hydrogen-bond acceptors (Lipinski definition) is 3. The molecular weight excluding hydrogens is 212 g/mol. The van der Waals surface area contributed by atoms with Gasteiger partial charge in [-0.1, -0.05) is 13.3 Å². The van der Waals surface area contributed by atoms with Crippen LogP contribution in [-0.2, 0) is 4.74 Å². The Labute approximate surface area is 106 Å². The highest BCUT2D eigenvalue weighted by Gasteiger charge is 2.20. The molecule has 1 atom stereocenters. The summed E-state index contributed by atoms with van der Waals surface area (Å²) in [7, 11) is 0. The quantitative estimate of drug-likeness (QED) is 0.794. The summed E-state index contributed by atoms with van der Waals surface area (Å²) in [5, 5.41) is 3.65. The lowest BCUT2D eigenvalue weighted by molar-refractivity contribution is 0.0514. The Morgan fingerprint density at radius 3 is 2.59 bits per heavy atom. The van der Waals surface area contributed by atoms with Gasteiger partial charge in [-0.2, -0.15) is 0 Å². The van der Waals surface area contributed by atoms with Gasteiger partial charge in [0.2, 0.25) is 0 Å². The molecule has 2 saturated heterocycles. The maximum absolute atomic E-state index is 5.43. The van der Waals surface area contributed by atoms with Crippen LogP contribution in [0.4, 0.5) is 0 Å². The lowest BCUT2D eigenvalue weighted by Gasteiger charge is -2.33. The molecule has 0 spiro atoms. The molecule has 0 radical (unpaired) electrons. The lowest BCUT2D eigenvalue weighted by atomic mass is 9.98. The molecule has 2 aliphatic heterocycles. The normalized spacial score (nSPS) is 27.5. The highest BCUT2D eigenvalue weighted by Crippen LogP contribution is 2.17. The van der Waals surface area contributed by atoms with Crippen molar-refractivity contribution in [2.24, 2.45) is 5.92 Å². The van der Waals surface area contributed by atoms with E-state index in [1.165, 1.54) is 58.3 Å². The summed E-state index contributed by atoms with van der Waals surface area (Å²) in [5.74, 6) is 0.868. The molecule has 3 nitrogen and oxygen atoms in total. The van der Waals surface area contributed by atoms with Gasteiger partial charge in [-0.25, -0.2) is 0 Å². The van der Waals surface area contributed by atoms with Gasteiger partial charge in [-0.05, 0) is 44.7 Å². The third-order valence-corrected chi connectivity index (χ3v) is 4.20. The van der Waals surface area contributed by atoms with Crippen molar-refractivity contribution in [3.8, 4) is 0 Å². The van der Waals surface area contributed by atoms with Crippen LogP contribution in [0.3, 0.4) is 0 Å². The summed E-state index contributed by atoms with van der Waals surface area (Å²) in [6.07, 6.45) is 6.66. The lowest BCUT2D eigenvalue weighted by Crippen LogP contribution is -2.45. The van der Waals surface area contributed by atoms with Crippen LogP contribution in [0.2, 0.25) is 0 Å². The average Bonchev–Trinajstić information content (AvgIpc) is 2.40. The molecule has 1 N–H and O–H groups in total. The SMILES string of the molecule is CCN(CC1CCOCC1)CC1CCCCN1. The van der Waals surface area contributed by atoms with Crippen molar-refractivity contribution in [1.29, 1.82) is 0 Å². The van der Waals surface area contributed by atoms with Crippen molar-refractivity contribution in [1.82, 2.24) is 10.2 Å². The molecule has 2 heterocycles. The number of hydrogen-bond donors (Lipinski definition) is 1. The van der Waals surface area contributed by atoms with E-state index >= 15 is 0 Å². The zero-order valence-corrected chi connectivity index (χ0v) is 11.3. The molecule has 1 unspecified atom stereocenters. The Balaban J connectivity index is 1.71. The smallest absolute Gasteiger partial charge is 0.0469 e. The van der Waals surface area contributed by atoms with Crippen LogP contribution in [0, 0.1) is 5.92 Å². The van der Waals surface area contributed by atoms with Gasteiger partial charge in [0, 0.05) is 32.3 Å². The maximum Gasteiger partial charge on any atom is 0.0469 e. The van der Waals surface area contributed by atoms with Gasteiger partial charge in [0.15, 0.2) is 0 Å². The minimum Gasteiger partial charge on any atom is -0.381 e. The van der Waals surface area contributed by atoms with Gasteiger partial charge >= 0.3 is 0 Å². The van der Waals surface area contributed by atoms with E-state index in [-0.39, 0.29) is 0 Å². The van der Waals surface area contributed by atoms with E-state index in [0.29, 0.717) is 0 Å². The fourth-order valence-corrected chi connectivity index (χ4v) is 3.02. The van der Waals surface area contributed by atoms with E-state index in [1.807, 2.05) is 0 Å². The fourth-order valence-electron chi connectivity index (χ4n) is 3.02. The van der Waals surface area contributed by atoms with E-state index in [2.05, 4.69) is 17.1 Å². The second-order valence-corrected chi connectivity index (χ2v) is 5.55. The summed E-state index contributed by atoms with van der Waals surface area (Å²) in [4.78, 5) is 2.64. The highest BCUT2D eigenvalue weighted by atomic mass is 16.5. The number of nitrogens with zero attached hydrogens (tertiary/aromatic N) is 1. The molecule has 2 rings (SSSR count). The van der Waals surface area contributed by atoms with Crippen LogP contribution in [0.25, 0.3) is 0 Å². The van der Waals surface area contributed by atoms with E-state index in [4.69, 9.17) is 4.74 Å². The maximum atomic E-state index is 5.43. The van der Waals surface area contributed by atoms with Crippen molar-refractivity contribution in [3.63, 3.8) is 0 Å². The van der Waals surface area contributed by atoms with Crippen LogP contribution < -0.4 is 5.32 Å². The molecule has 17 heavy (non-hydrogen) atoms. The average molecular weight is 240 g/mol. The Hall–Kier alpha value is -0.120. The van der Waals surface area contributed by atoms with Gasteiger partial charge in [-0.15, -0.1) is 0 Å². The Bertz CT molecular complexity index is 178. The molecule has 3 heteroatoms. The number of likely N-dealkylation sites (N-methyl/N-ethyl adjacent to an activating group) is 1. The zero-order chi connectivity index (χ0) is 11.9. The highest BCUT2D eigenvalue weighted by molar-refractivity contribution is 4.77. The molecule has 0 aromatic rings. The third kappa shape index (κ3) is 4.57. The van der Waals surface area contributed by atoms with Crippen LogP contribution in [0.1, 0.15) is 39.0 Å². The zero-order valence-electron chi connectivity index (χ0n) is 11.3. The first-order valence-corrected chi connectivity index (χ1v) is 7.42. The molecule has 0 amide bonds. The van der Waals surface area contributed by atoms with Crippen molar-refractivity contribution < 1.29 is 4.74 Å². The van der Waals surface area contributed by atoms with Gasteiger partial charge in [0.1, 0.15) is 0 Å². The topological polar surface area (TPSA) is 24.5 Å². The molecule has 0 saturated carbocycles. The van der Waals surface area contributed by atoms with Crippen LogP contribution in [-0.4, -0.2) is 50.3 Å². The molecular formula is C14H28N2O. The second kappa shape index (κ2) is 7.34. The van der Waals surface area contributed by atoms with Gasteiger partial charge in [0.05, 0.1) is 0 Å². The number of ether oxygens (including phenoxy) is 1. The second-order valence-electron chi connectivity index (χ2n) is 5.55. The molecule has 0 bridgehead atoms. The first-order valence-electron chi connectivity index (χ1n) is 7.42. The first kappa shape index (κ1) is 13.3. The van der Waals surface area contributed by atoms with Crippen molar-refractivity contribution in [3.05, 3.63) is 0 Å². The fraction of sp³-hybridized carbons (Fsp3) is 1.00. The summed E-state index contributed by atoms with van der Waals surface area (Å²) in [6, 6.07) is 0.739.